The molecule has 0 aromatic carbocycles. The molecule has 0 aromatic heterocycles. The molecule has 0 bridgehead atoms. The molecule has 0 saturated heterocycles. The summed E-state index contributed by atoms with van der Waals surface area (Å²) in [6.07, 6.45) is 25.5. The van der Waals surface area contributed by atoms with Crippen molar-refractivity contribution in [1.82, 2.24) is 0 Å². The molecule has 0 heterocycles. The third-order valence-corrected chi connectivity index (χ3v) is 5.81. The molecule has 0 atom stereocenters. The van der Waals surface area contributed by atoms with E-state index in [0.29, 0.717) is 0 Å². The van der Waals surface area contributed by atoms with Crippen LogP contribution in [0.25, 0.3) is 0 Å². The van der Waals surface area contributed by atoms with E-state index in [9.17, 15) is 0 Å². The first-order valence-electron chi connectivity index (χ1n) is 9.55. The number of unbranched alkanes of at least 4 members (excludes halogenated alkanes) is 2. The van der Waals surface area contributed by atoms with Crippen LogP contribution in [-0.2, 0) is 0 Å². The largest absolute Gasteiger partial charge is 0.0885 e. The molecule has 0 heteroatoms. The molecule has 0 aromatic rings. The maximum absolute atomic E-state index is 2.41. The lowest BCUT2D eigenvalue weighted by Gasteiger charge is -2.36. The first-order valence-corrected chi connectivity index (χ1v) is 9.55. The minimum absolute atomic E-state index is 1.06. The normalized spacial score (nSPS) is 29.1. The molecule has 0 spiro atoms. The molecule has 0 amide bonds. The van der Waals surface area contributed by atoms with Gasteiger partial charge in [0.15, 0.2) is 0 Å². The summed E-state index contributed by atoms with van der Waals surface area (Å²) in [4.78, 5) is 0. The van der Waals surface area contributed by atoms with Gasteiger partial charge in [0.05, 0.1) is 0 Å². The lowest BCUT2D eigenvalue weighted by Crippen LogP contribution is -2.23. The van der Waals surface area contributed by atoms with Gasteiger partial charge in [0.1, 0.15) is 0 Å². The SMILES string of the molecule is CCC/C=C\CCCC1CCC(C2CCCCC2)CC1. The molecule has 2 fully saturated rings. The van der Waals surface area contributed by atoms with E-state index >= 15 is 0 Å². The Morgan fingerprint density at radius 3 is 2.10 bits per heavy atom. The van der Waals surface area contributed by atoms with Gasteiger partial charge in [-0.3, -0.25) is 0 Å². The van der Waals surface area contributed by atoms with Crippen molar-refractivity contribution in [3.8, 4) is 0 Å². The van der Waals surface area contributed by atoms with E-state index in [1.807, 2.05) is 0 Å². The minimum atomic E-state index is 1.06. The summed E-state index contributed by atoms with van der Waals surface area (Å²) in [7, 11) is 0. The molecule has 2 aliphatic carbocycles. The fraction of sp³-hybridized carbons (Fsp3) is 0.900. The summed E-state index contributed by atoms with van der Waals surface area (Å²) in [5.74, 6) is 3.28. The van der Waals surface area contributed by atoms with Crippen LogP contribution in [0.5, 0.6) is 0 Å². The van der Waals surface area contributed by atoms with Crippen molar-refractivity contribution in [2.24, 2.45) is 17.8 Å². The Bertz CT molecular complexity index is 251. The molecular weight excluding hydrogens is 240 g/mol. The van der Waals surface area contributed by atoms with Gasteiger partial charge in [0.2, 0.25) is 0 Å². The van der Waals surface area contributed by atoms with Crippen molar-refractivity contribution in [2.45, 2.75) is 96.8 Å². The highest BCUT2D eigenvalue weighted by atomic mass is 14.3. The van der Waals surface area contributed by atoms with Crippen LogP contribution < -0.4 is 0 Å². The molecule has 0 radical (unpaired) electrons. The molecule has 2 aliphatic rings. The monoisotopic (exact) mass is 276 g/mol. The van der Waals surface area contributed by atoms with Gasteiger partial charge in [0.25, 0.3) is 0 Å². The van der Waals surface area contributed by atoms with Crippen LogP contribution in [0, 0.1) is 17.8 Å². The highest BCUT2D eigenvalue weighted by molar-refractivity contribution is 4.83. The van der Waals surface area contributed by atoms with Gasteiger partial charge in [-0.1, -0.05) is 76.9 Å². The zero-order chi connectivity index (χ0) is 14.0. The van der Waals surface area contributed by atoms with Crippen LogP contribution >= 0.6 is 0 Å². The highest BCUT2D eigenvalue weighted by Gasteiger charge is 2.28. The second-order valence-electron chi connectivity index (χ2n) is 7.37. The number of hydrogen-bond donors (Lipinski definition) is 0. The van der Waals surface area contributed by atoms with E-state index in [2.05, 4.69) is 19.1 Å². The topological polar surface area (TPSA) is 0 Å². The Morgan fingerprint density at radius 2 is 1.40 bits per heavy atom. The Kier molecular flexibility index (Phi) is 7.76. The van der Waals surface area contributed by atoms with Gasteiger partial charge in [-0.05, 0) is 49.9 Å². The summed E-state index contributed by atoms with van der Waals surface area (Å²) in [5, 5.41) is 0. The van der Waals surface area contributed by atoms with Crippen LogP contribution in [0.4, 0.5) is 0 Å². The number of allylic oxidation sites excluding steroid dienone is 2. The maximum atomic E-state index is 2.41. The molecule has 116 valence electrons. The lowest BCUT2D eigenvalue weighted by molar-refractivity contribution is 0.163. The lowest BCUT2D eigenvalue weighted by atomic mass is 9.70. The van der Waals surface area contributed by atoms with E-state index in [-0.39, 0.29) is 0 Å². The number of rotatable bonds is 7. The van der Waals surface area contributed by atoms with E-state index in [4.69, 9.17) is 0 Å². The zero-order valence-corrected chi connectivity index (χ0v) is 13.8. The molecular formula is C20H36. The third-order valence-electron chi connectivity index (χ3n) is 5.81. The average Bonchev–Trinajstić information content (AvgIpc) is 2.52. The zero-order valence-electron chi connectivity index (χ0n) is 13.8. The van der Waals surface area contributed by atoms with Crippen molar-refractivity contribution in [2.75, 3.05) is 0 Å². The second-order valence-corrected chi connectivity index (χ2v) is 7.37. The van der Waals surface area contributed by atoms with Gasteiger partial charge < -0.3 is 0 Å². The van der Waals surface area contributed by atoms with Crippen molar-refractivity contribution in [1.29, 1.82) is 0 Å². The quantitative estimate of drug-likeness (QED) is 0.350. The van der Waals surface area contributed by atoms with Crippen LogP contribution in [-0.4, -0.2) is 0 Å². The molecule has 20 heavy (non-hydrogen) atoms. The average molecular weight is 277 g/mol. The Labute approximate surface area is 127 Å². The number of hydrogen-bond acceptors (Lipinski definition) is 0. The van der Waals surface area contributed by atoms with E-state index < -0.39 is 0 Å². The molecule has 0 unspecified atom stereocenters. The summed E-state index contributed by atoms with van der Waals surface area (Å²) < 4.78 is 0. The van der Waals surface area contributed by atoms with Crippen molar-refractivity contribution >= 4 is 0 Å². The van der Waals surface area contributed by atoms with Gasteiger partial charge in [-0.25, -0.2) is 0 Å². The fourth-order valence-corrected chi connectivity index (χ4v) is 4.48. The van der Waals surface area contributed by atoms with Crippen molar-refractivity contribution < 1.29 is 0 Å². The van der Waals surface area contributed by atoms with Gasteiger partial charge >= 0.3 is 0 Å². The summed E-state index contributed by atoms with van der Waals surface area (Å²) in [5.41, 5.74) is 0. The van der Waals surface area contributed by atoms with E-state index in [1.165, 1.54) is 51.4 Å². The van der Waals surface area contributed by atoms with Crippen LogP contribution in [0.3, 0.4) is 0 Å². The molecule has 0 aliphatic heterocycles. The second kappa shape index (κ2) is 9.64. The molecule has 2 saturated carbocycles. The maximum Gasteiger partial charge on any atom is -0.0351 e. The Balaban J connectivity index is 1.55. The summed E-state index contributed by atoms with van der Waals surface area (Å²) in [6.45, 7) is 2.26. The Morgan fingerprint density at radius 1 is 0.750 bits per heavy atom. The Hall–Kier alpha value is -0.260. The smallest absolute Gasteiger partial charge is 0.0351 e. The van der Waals surface area contributed by atoms with Crippen molar-refractivity contribution in [3.63, 3.8) is 0 Å². The van der Waals surface area contributed by atoms with Gasteiger partial charge in [-0.2, -0.15) is 0 Å². The van der Waals surface area contributed by atoms with Crippen molar-refractivity contribution in [3.05, 3.63) is 12.2 Å². The van der Waals surface area contributed by atoms with E-state index in [0.717, 1.165) is 17.8 Å². The standard InChI is InChI=1S/C20H36/c1-2-3-4-5-6-8-11-18-14-16-20(17-15-18)19-12-9-7-10-13-19/h4-5,18-20H,2-3,6-17H2,1H3/b5-4-. The van der Waals surface area contributed by atoms with Crippen LogP contribution in [0.15, 0.2) is 12.2 Å². The molecule has 0 nitrogen and oxygen atoms in total. The van der Waals surface area contributed by atoms with Gasteiger partial charge in [0, 0.05) is 0 Å². The first-order chi connectivity index (χ1) is 9.90. The molecule has 2 rings (SSSR count). The minimum Gasteiger partial charge on any atom is -0.0885 e. The first kappa shape index (κ1) is 16.1. The van der Waals surface area contributed by atoms with Gasteiger partial charge in [-0.15, -0.1) is 0 Å². The third kappa shape index (κ3) is 5.62. The summed E-state index contributed by atoms with van der Waals surface area (Å²) >= 11 is 0. The van der Waals surface area contributed by atoms with E-state index in [1.54, 1.807) is 38.5 Å². The predicted molar refractivity (Wildman–Crippen MR) is 89.9 cm³/mol. The van der Waals surface area contributed by atoms with Crippen LogP contribution in [0.2, 0.25) is 0 Å². The predicted octanol–water partition coefficient (Wildman–Crippen LogP) is 6.90. The fourth-order valence-electron chi connectivity index (χ4n) is 4.48. The molecule has 0 N–H and O–H groups in total. The summed E-state index contributed by atoms with van der Waals surface area (Å²) in [6, 6.07) is 0. The van der Waals surface area contributed by atoms with Crippen LogP contribution in [0.1, 0.15) is 96.8 Å². The highest BCUT2D eigenvalue weighted by Crippen LogP contribution is 2.40.